The van der Waals surface area contributed by atoms with E-state index in [1.807, 2.05) is 46.9 Å². The zero-order valence-electron chi connectivity index (χ0n) is 33.4. The van der Waals surface area contributed by atoms with Gasteiger partial charge < -0.3 is 9.13 Å². The van der Waals surface area contributed by atoms with Gasteiger partial charge in [0.2, 0.25) is 0 Å². The second kappa shape index (κ2) is 13.4. The fourth-order valence-electron chi connectivity index (χ4n) is 10.4. The summed E-state index contributed by atoms with van der Waals surface area (Å²) in [5.74, 6) is -0.574. The molecular weight excluding hydrogens is 803 g/mol. The Balaban J connectivity index is 1.26. The first-order valence-electron chi connectivity index (χ1n) is 20.9. The number of halogens is 2. The Morgan fingerprint density at radius 2 is 0.790 bits per heavy atom. The summed E-state index contributed by atoms with van der Waals surface area (Å²) in [7, 11) is 0. The predicted molar refractivity (Wildman–Crippen MR) is 261 cm³/mol. The normalized spacial score (nSPS) is 12.2. The van der Waals surface area contributed by atoms with Crippen molar-refractivity contribution >= 4 is 107 Å². The summed E-state index contributed by atoms with van der Waals surface area (Å²) >= 11 is 3.66. The van der Waals surface area contributed by atoms with Gasteiger partial charge >= 0.3 is 0 Å². The Morgan fingerprint density at radius 3 is 1.23 bits per heavy atom. The lowest BCUT2D eigenvalue weighted by molar-refractivity contribution is 0.627. The number of benzene rings is 9. The molecule has 0 N–H and O–H groups in total. The molecule has 0 saturated heterocycles. The van der Waals surface area contributed by atoms with Gasteiger partial charge in [0.1, 0.15) is 11.6 Å². The highest BCUT2D eigenvalue weighted by atomic mass is 32.1. The van der Waals surface area contributed by atoms with E-state index in [0.29, 0.717) is 6.42 Å². The van der Waals surface area contributed by atoms with Crippen molar-refractivity contribution in [3.63, 3.8) is 0 Å². The van der Waals surface area contributed by atoms with Crippen molar-refractivity contribution in [3.8, 4) is 33.6 Å². The van der Waals surface area contributed by atoms with Gasteiger partial charge in [0.15, 0.2) is 0 Å². The maximum atomic E-state index is 14.9. The molecule has 0 radical (unpaired) electrons. The number of aromatic nitrogens is 2. The minimum Gasteiger partial charge on any atom is -0.309 e. The van der Waals surface area contributed by atoms with E-state index in [1.165, 1.54) is 61.9 Å². The lowest BCUT2D eigenvalue weighted by Gasteiger charge is -2.25. The largest absolute Gasteiger partial charge is 0.309 e. The zero-order valence-corrected chi connectivity index (χ0v) is 35.1. The smallest absolute Gasteiger partial charge is 0.123 e. The maximum absolute atomic E-state index is 14.9. The third-order valence-electron chi connectivity index (χ3n) is 12.8. The molecule has 13 aromatic rings. The van der Waals surface area contributed by atoms with Crippen molar-refractivity contribution in [1.82, 2.24) is 9.13 Å². The van der Waals surface area contributed by atoms with Crippen molar-refractivity contribution < 1.29 is 8.78 Å². The highest BCUT2D eigenvalue weighted by Crippen LogP contribution is 2.50. The van der Waals surface area contributed by atoms with E-state index in [0.717, 1.165) is 61.3 Å². The first-order chi connectivity index (χ1) is 30.6. The highest BCUT2D eigenvalue weighted by Gasteiger charge is 2.28. The average Bonchev–Trinajstić information content (AvgIpc) is 4.06. The first-order valence-corrected chi connectivity index (χ1v) is 22.6. The molecule has 0 fully saturated rings. The first kappa shape index (κ1) is 35.6. The number of fused-ring (bicyclic) bond motifs is 14. The van der Waals surface area contributed by atoms with Crippen LogP contribution in [0.25, 0.3) is 118 Å². The van der Waals surface area contributed by atoms with Crippen LogP contribution in [0, 0.1) is 11.6 Å². The molecule has 0 saturated carbocycles. The monoisotopic (exact) mass is 836 g/mol. The summed E-state index contributed by atoms with van der Waals surface area (Å²) in [6.07, 6.45) is 0.660. The highest BCUT2D eigenvalue weighted by molar-refractivity contribution is 7.26. The Hall–Kier alpha value is -7.12. The Morgan fingerprint density at radius 1 is 0.387 bits per heavy atom. The summed E-state index contributed by atoms with van der Waals surface area (Å²) in [5.41, 5.74) is 11.3. The molecule has 62 heavy (non-hydrogen) atoms. The summed E-state index contributed by atoms with van der Waals surface area (Å²) < 4.78 is 39.7. The predicted octanol–water partition coefficient (Wildman–Crippen LogP) is 16.8. The zero-order chi connectivity index (χ0) is 41.2. The van der Waals surface area contributed by atoms with Gasteiger partial charge in [-0.3, -0.25) is 0 Å². The van der Waals surface area contributed by atoms with Crippen LogP contribution in [0.3, 0.4) is 0 Å². The quantitative estimate of drug-likeness (QED) is 0.163. The molecule has 0 unspecified atom stereocenters. The number of para-hydroxylation sites is 2. The lowest BCUT2D eigenvalue weighted by Crippen LogP contribution is -2.08. The van der Waals surface area contributed by atoms with Crippen LogP contribution in [-0.4, -0.2) is 9.13 Å². The standard InChI is InChI=1S/C56H34F2N2S2/c1-2-36-51(32-19-23-34(57)24-20-32)45(59-41-15-7-3-11-37(41)53-43(59)27-29-49-55(53)39-13-5-9-17-47(39)61-49)31-46(52(36)33-21-25-35(58)26-22-33)60-42-16-8-4-12-38(42)54-44(60)28-30-50-56(54)40-14-6-10-18-48(40)62-50/h3-31H,2H2,1H3. The van der Waals surface area contributed by atoms with Gasteiger partial charge in [0, 0.05) is 73.0 Å². The molecule has 294 valence electrons. The molecule has 13 rings (SSSR count). The number of hydrogen-bond acceptors (Lipinski definition) is 2. The van der Waals surface area contributed by atoms with Crippen molar-refractivity contribution in [2.24, 2.45) is 0 Å². The topological polar surface area (TPSA) is 9.86 Å². The molecule has 4 aromatic heterocycles. The summed E-state index contributed by atoms with van der Waals surface area (Å²) in [4.78, 5) is 0. The molecule has 0 atom stereocenters. The van der Waals surface area contributed by atoms with E-state index in [2.05, 4.69) is 143 Å². The third-order valence-corrected chi connectivity index (χ3v) is 15.1. The van der Waals surface area contributed by atoms with E-state index < -0.39 is 0 Å². The molecule has 0 aliphatic heterocycles. The van der Waals surface area contributed by atoms with Crippen LogP contribution in [0.5, 0.6) is 0 Å². The number of hydrogen-bond donors (Lipinski definition) is 0. The van der Waals surface area contributed by atoms with Crippen LogP contribution in [0.2, 0.25) is 0 Å². The van der Waals surface area contributed by atoms with Crippen molar-refractivity contribution in [2.75, 3.05) is 0 Å². The number of rotatable bonds is 5. The summed E-state index contributed by atoms with van der Waals surface area (Å²) in [5, 5.41) is 9.79. The molecule has 0 bridgehead atoms. The van der Waals surface area contributed by atoms with Crippen LogP contribution in [0.4, 0.5) is 8.78 Å². The van der Waals surface area contributed by atoms with Gasteiger partial charge in [-0.2, -0.15) is 0 Å². The van der Waals surface area contributed by atoms with E-state index in [1.54, 1.807) is 24.3 Å². The average molecular weight is 837 g/mol. The van der Waals surface area contributed by atoms with Crippen LogP contribution >= 0.6 is 22.7 Å². The van der Waals surface area contributed by atoms with Gasteiger partial charge in [0.05, 0.1) is 33.4 Å². The fraction of sp³-hybridized carbons (Fsp3) is 0.0357. The van der Waals surface area contributed by atoms with Crippen molar-refractivity contribution in [1.29, 1.82) is 0 Å². The van der Waals surface area contributed by atoms with Gasteiger partial charge in [-0.05, 0) is 102 Å². The minimum atomic E-state index is -0.287. The number of thiophene rings is 2. The molecule has 0 aliphatic carbocycles. The van der Waals surface area contributed by atoms with Crippen molar-refractivity contribution in [2.45, 2.75) is 13.3 Å². The van der Waals surface area contributed by atoms with Crippen molar-refractivity contribution in [3.05, 3.63) is 193 Å². The van der Waals surface area contributed by atoms with E-state index in [-0.39, 0.29) is 11.6 Å². The maximum Gasteiger partial charge on any atom is 0.123 e. The Kier molecular flexibility index (Phi) is 7.72. The third kappa shape index (κ3) is 4.99. The Labute approximate surface area is 362 Å². The van der Waals surface area contributed by atoms with E-state index in [9.17, 15) is 8.78 Å². The van der Waals surface area contributed by atoms with Gasteiger partial charge in [-0.25, -0.2) is 8.78 Å². The second-order valence-electron chi connectivity index (χ2n) is 16.1. The summed E-state index contributed by atoms with van der Waals surface area (Å²) in [6.45, 7) is 2.20. The minimum absolute atomic E-state index is 0.287. The molecule has 6 heteroatoms. The van der Waals surface area contributed by atoms with E-state index >= 15 is 0 Å². The summed E-state index contributed by atoms with van der Waals surface area (Å²) in [6, 6.07) is 60.1. The second-order valence-corrected chi connectivity index (χ2v) is 18.2. The molecule has 2 nitrogen and oxygen atoms in total. The van der Waals surface area contributed by atoms with Gasteiger partial charge in [-0.1, -0.05) is 104 Å². The molecule has 9 aromatic carbocycles. The molecule has 0 spiro atoms. The Bertz CT molecular complexity index is 3720. The molecular formula is C56H34F2N2S2. The van der Waals surface area contributed by atoms with Gasteiger partial charge in [-0.15, -0.1) is 22.7 Å². The number of nitrogens with zero attached hydrogens (tertiary/aromatic N) is 2. The van der Waals surface area contributed by atoms with Crippen LogP contribution in [-0.2, 0) is 6.42 Å². The molecule has 0 amide bonds. The van der Waals surface area contributed by atoms with Crippen LogP contribution < -0.4 is 0 Å². The van der Waals surface area contributed by atoms with Crippen LogP contribution in [0.1, 0.15) is 12.5 Å². The SMILES string of the molecule is CCc1c(-c2ccc(F)cc2)c(-n2c3ccccc3c3c4c(ccc32)sc2ccccc24)cc(-n2c3ccccc3c3c4c(ccc32)sc2ccccc24)c1-c1ccc(F)cc1. The fourth-order valence-corrected chi connectivity index (χ4v) is 12.6. The van der Waals surface area contributed by atoms with E-state index in [4.69, 9.17) is 0 Å². The molecule has 0 aliphatic rings. The van der Waals surface area contributed by atoms with Crippen LogP contribution in [0.15, 0.2) is 176 Å². The lowest BCUT2D eigenvalue weighted by atomic mass is 9.87. The molecule has 4 heterocycles. The van der Waals surface area contributed by atoms with Gasteiger partial charge in [0.25, 0.3) is 0 Å².